The molecule has 0 unspecified atom stereocenters. The van der Waals surface area contributed by atoms with Crippen molar-refractivity contribution < 1.29 is 9.59 Å². The lowest BCUT2D eigenvalue weighted by Gasteiger charge is -2.40. The predicted molar refractivity (Wildman–Crippen MR) is 150 cm³/mol. The number of rotatable bonds is 8. The number of aryl methyl sites for hydroxylation is 1. The lowest BCUT2D eigenvalue weighted by molar-refractivity contribution is -0.147. The number of nitrogens with one attached hydrogen (secondary N) is 1. The van der Waals surface area contributed by atoms with Gasteiger partial charge in [0.25, 0.3) is 0 Å². The highest BCUT2D eigenvalue weighted by atomic mass is 16.2. The standard InChI is InChI=1S/C30H34N6O2/c1-22-10-12-23(13-11-22)20-35(28(37)21-36-27-9-5-4-8-26(27)32-33-36)30(18-6-7-19-30)29(38)31-24-14-16-25(17-15-24)34(2)3/h4-5,8-17H,6-7,18-21H2,1-3H3,(H,31,38). The average Bonchev–Trinajstić information content (AvgIpc) is 3.57. The molecule has 0 bridgehead atoms. The molecule has 0 atom stereocenters. The highest BCUT2D eigenvalue weighted by Gasteiger charge is 2.48. The number of hydrogen-bond acceptors (Lipinski definition) is 5. The first kappa shape index (κ1) is 25.4. The van der Waals surface area contributed by atoms with Crippen molar-refractivity contribution in [3.8, 4) is 0 Å². The number of carbonyl (C=O) groups is 2. The van der Waals surface area contributed by atoms with Gasteiger partial charge in [-0.25, -0.2) is 4.68 Å². The maximum absolute atomic E-state index is 14.0. The number of benzene rings is 3. The zero-order valence-electron chi connectivity index (χ0n) is 22.2. The summed E-state index contributed by atoms with van der Waals surface area (Å²) in [5, 5.41) is 11.6. The van der Waals surface area contributed by atoms with Crippen LogP contribution in [0.5, 0.6) is 0 Å². The molecule has 1 aliphatic carbocycles. The minimum absolute atomic E-state index is 0.0128. The molecule has 3 aromatic carbocycles. The molecule has 1 fully saturated rings. The van der Waals surface area contributed by atoms with Crippen LogP contribution in [-0.2, 0) is 22.7 Å². The molecule has 1 aromatic heterocycles. The molecule has 196 valence electrons. The highest BCUT2D eigenvalue weighted by Crippen LogP contribution is 2.38. The number of aromatic nitrogens is 3. The Bertz CT molecular complexity index is 1420. The van der Waals surface area contributed by atoms with Crippen molar-refractivity contribution in [3.05, 3.63) is 83.9 Å². The van der Waals surface area contributed by atoms with E-state index >= 15 is 0 Å². The predicted octanol–water partition coefficient (Wildman–Crippen LogP) is 4.79. The third-order valence-electron chi connectivity index (χ3n) is 7.48. The molecule has 8 nitrogen and oxygen atoms in total. The van der Waals surface area contributed by atoms with Crippen LogP contribution in [-0.4, -0.2) is 51.3 Å². The van der Waals surface area contributed by atoms with Crippen LogP contribution in [0.3, 0.4) is 0 Å². The van der Waals surface area contributed by atoms with Gasteiger partial charge in [-0.3, -0.25) is 9.59 Å². The molecule has 1 N–H and O–H groups in total. The Balaban J connectivity index is 1.47. The Morgan fingerprint density at radius 2 is 1.63 bits per heavy atom. The number of anilines is 2. The van der Waals surface area contributed by atoms with Crippen molar-refractivity contribution in [1.29, 1.82) is 0 Å². The number of carbonyl (C=O) groups excluding carboxylic acids is 2. The van der Waals surface area contributed by atoms with Crippen molar-refractivity contribution in [2.45, 2.75) is 51.2 Å². The zero-order chi connectivity index (χ0) is 26.7. The minimum atomic E-state index is -0.946. The van der Waals surface area contributed by atoms with Crippen LogP contribution < -0.4 is 10.2 Å². The van der Waals surface area contributed by atoms with Gasteiger partial charge in [0.2, 0.25) is 11.8 Å². The Labute approximate surface area is 223 Å². The third-order valence-corrected chi connectivity index (χ3v) is 7.48. The normalized spacial score (nSPS) is 14.4. The monoisotopic (exact) mass is 510 g/mol. The largest absolute Gasteiger partial charge is 0.378 e. The second-order valence-corrected chi connectivity index (χ2v) is 10.3. The van der Waals surface area contributed by atoms with Gasteiger partial charge in [0, 0.05) is 32.0 Å². The number of para-hydroxylation sites is 1. The molecule has 8 heteroatoms. The van der Waals surface area contributed by atoms with Crippen LogP contribution in [0.4, 0.5) is 11.4 Å². The van der Waals surface area contributed by atoms with Crippen molar-refractivity contribution in [1.82, 2.24) is 19.9 Å². The van der Waals surface area contributed by atoms with Crippen LogP contribution >= 0.6 is 0 Å². The van der Waals surface area contributed by atoms with Crippen molar-refractivity contribution >= 4 is 34.2 Å². The summed E-state index contributed by atoms with van der Waals surface area (Å²) in [5.41, 5.74) is 4.49. The van der Waals surface area contributed by atoms with Crippen LogP contribution in [0.15, 0.2) is 72.8 Å². The molecule has 1 saturated carbocycles. The zero-order valence-corrected chi connectivity index (χ0v) is 22.2. The quantitative estimate of drug-likeness (QED) is 0.369. The molecule has 2 amide bonds. The van der Waals surface area contributed by atoms with E-state index in [1.54, 1.807) is 9.58 Å². The lowest BCUT2D eigenvalue weighted by atomic mass is 9.92. The van der Waals surface area contributed by atoms with Gasteiger partial charge in [-0.1, -0.05) is 60.0 Å². The van der Waals surface area contributed by atoms with Gasteiger partial charge in [0.1, 0.15) is 17.6 Å². The first-order chi connectivity index (χ1) is 18.4. The first-order valence-corrected chi connectivity index (χ1v) is 13.1. The summed E-state index contributed by atoms with van der Waals surface area (Å²) in [6, 6.07) is 23.5. The second-order valence-electron chi connectivity index (χ2n) is 10.3. The molecule has 1 aliphatic rings. The van der Waals surface area contributed by atoms with Gasteiger partial charge in [-0.05, 0) is 61.7 Å². The molecular formula is C30H34N6O2. The van der Waals surface area contributed by atoms with Crippen LogP contribution in [0, 0.1) is 6.92 Å². The van der Waals surface area contributed by atoms with Gasteiger partial charge in [-0.15, -0.1) is 5.10 Å². The van der Waals surface area contributed by atoms with Crippen LogP contribution in [0.1, 0.15) is 36.8 Å². The van der Waals surface area contributed by atoms with E-state index in [1.165, 1.54) is 0 Å². The summed E-state index contributed by atoms with van der Waals surface area (Å²) in [7, 11) is 3.96. The maximum Gasteiger partial charge on any atom is 0.250 e. The van der Waals surface area contributed by atoms with Gasteiger partial charge in [0.05, 0.1) is 5.52 Å². The number of hydrogen-bond donors (Lipinski definition) is 1. The van der Waals surface area contributed by atoms with Crippen molar-refractivity contribution in [2.24, 2.45) is 0 Å². The van der Waals surface area contributed by atoms with E-state index in [1.807, 2.05) is 98.7 Å². The fourth-order valence-electron chi connectivity index (χ4n) is 5.27. The van der Waals surface area contributed by atoms with Crippen molar-refractivity contribution in [3.63, 3.8) is 0 Å². The van der Waals surface area contributed by atoms with E-state index in [0.29, 0.717) is 19.4 Å². The van der Waals surface area contributed by atoms with Gasteiger partial charge in [-0.2, -0.15) is 0 Å². The van der Waals surface area contributed by atoms with Crippen LogP contribution in [0.2, 0.25) is 0 Å². The Morgan fingerprint density at radius 3 is 2.32 bits per heavy atom. The molecule has 5 rings (SSSR count). The molecule has 0 aliphatic heterocycles. The van der Waals surface area contributed by atoms with E-state index in [-0.39, 0.29) is 18.4 Å². The summed E-state index contributed by atoms with van der Waals surface area (Å²) < 4.78 is 1.63. The summed E-state index contributed by atoms with van der Waals surface area (Å²) >= 11 is 0. The van der Waals surface area contributed by atoms with E-state index in [9.17, 15) is 9.59 Å². The molecule has 38 heavy (non-hydrogen) atoms. The van der Waals surface area contributed by atoms with E-state index < -0.39 is 5.54 Å². The molecule has 0 spiro atoms. The average molecular weight is 511 g/mol. The lowest BCUT2D eigenvalue weighted by Crippen LogP contribution is -2.57. The SMILES string of the molecule is Cc1ccc(CN(C(=O)Cn2nnc3ccccc32)C2(C(=O)Nc3ccc(N(C)C)cc3)CCCC2)cc1. The van der Waals surface area contributed by atoms with E-state index in [0.717, 1.165) is 46.4 Å². The van der Waals surface area contributed by atoms with Gasteiger partial charge in [0.15, 0.2) is 0 Å². The summed E-state index contributed by atoms with van der Waals surface area (Å²) in [4.78, 5) is 31.9. The molecular weight excluding hydrogens is 476 g/mol. The van der Waals surface area contributed by atoms with Gasteiger partial charge >= 0.3 is 0 Å². The summed E-state index contributed by atoms with van der Waals surface area (Å²) in [5.74, 6) is -0.294. The first-order valence-electron chi connectivity index (χ1n) is 13.1. The Hall–Kier alpha value is -4.20. The smallest absolute Gasteiger partial charge is 0.250 e. The van der Waals surface area contributed by atoms with E-state index in [2.05, 4.69) is 15.6 Å². The minimum Gasteiger partial charge on any atom is -0.378 e. The van der Waals surface area contributed by atoms with Crippen LogP contribution in [0.25, 0.3) is 11.0 Å². The summed E-state index contributed by atoms with van der Waals surface area (Å²) in [6.45, 7) is 2.40. The Kier molecular flexibility index (Phi) is 7.13. The Morgan fingerprint density at radius 1 is 0.947 bits per heavy atom. The third kappa shape index (κ3) is 5.11. The molecule has 1 heterocycles. The van der Waals surface area contributed by atoms with Gasteiger partial charge < -0.3 is 15.1 Å². The molecule has 0 saturated heterocycles. The summed E-state index contributed by atoms with van der Waals surface area (Å²) in [6.07, 6.45) is 3.00. The topological polar surface area (TPSA) is 83.4 Å². The second kappa shape index (κ2) is 10.7. The van der Waals surface area contributed by atoms with E-state index in [4.69, 9.17) is 0 Å². The molecule has 4 aromatic rings. The fraction of sp³-hybridized carbons (Fsp3) is 0.333. The number of nitrogens with zero attached hydrogens (tertiary/aromatic N) is 5. The highest BCUT2D eigenvalue weighted by molar-refractivity contribution is 6.01. The maximum atomic E-state index is 14.0. The van der Waals surface area contributed by atoms with Crippen molar-refractivity contribution in [2.75, 3.05) is 24.3 Å². The number of amides is 2. The molecule has 0 radical (unpaired) electrons. The fourth-order valence-corrected chi connectivity index (χ4v) is 5.27. The number of fused-ring (bicyclic) bond motifs is 1.